The summed E-state index contributed by atoms with van der Waals surface area (Å²) in [5.41, 5.74) is 0. The van der Waals surface area contributed by atoms with Crippen LogP contribution < -0.4 is 16.0 Å². The predicted molar refractivity (Wildman–Crippen MR) is 90.9 cm³/mol. The van der Waals surface area contributed by atoms with Crippen molar-refractivity contribution in [2.24, 2.45) is 4.99 Å². The Morgan fingerprint density at radius 2 is 1.57 bits per heavy atom. The first-order valence-electron chi connectivity index (χ1n) is 9.17. The topological polar surface area (TPSA) is 48.5 Å². The molecule has 21 heavy (non-hydrogen) atoms. The Labute approximate surface area is 130 Å². The van der Waals surface area contributed by atoms with Gasteiger partial charge in [-0.05, 0) is 32.2 Å². The quantitative estimate of drug-likeness (QED) is 0.401. The third-order valence-electron chi connectivity index (χ3n) is 4.68. The molecule has 0 aromatic heterocycles. The van der Waals surface area contributed by atoms with E-state index in [9.17, 15) is 0 Å². The molecule has 0 amide bonds. The second kappa shape index (κ2) is 10.0. The summed E-state index contributed by atoms with van der Waals surface area (Å²) in [7, 11) is 0. The minimum Gasteiger partial charge on any atom is -0.355 e. The Morgan fingerprint density at radius 1 is 0.905 bits per heavy atom. The highest BCUT2D eigenvalue weighted by Gasteiger charge is 2.17. The Morgan fingerprint density at radius 3 is 2.24 bits per heavy atom. The van der Waals surface area contributed by atoms with Gasteiger partial charge in [0.15, 0.2) is 5.96 Å². The van der Waals surface area contributed by atoms with Crippen LogP contribution in [0.15, 0.2) is 4.99 Å². The minimum absolute atomic E-state index is 0.538. The molecule has 4 heteroatoms. The fourth-order valence-corrected chi connectivity index (χ4v) is 3.41. The molecule has 4 nitrogen and oxygen atoms in total. The number of nitrogens with zero attached hydrogens (tertiary/aromatic N) is 1. The van der Waals surface area contributed by atoms with Crippen molar-refractivity contribution in [3.8, 4) is 0 Å². The van der Waals surface area contributed by atoms with Crippen LogP contribution >= 0.6 is 0 Å². The van der Waals surface area contributed by atoms with Gasteiger partial charge in [-0.1, -0.05) is 45.4 Å². The predicted octanol–water partition coefficient (Wildman–Crippen LogP) is 2.80. The lowest BCUT2D eigenvalue weighted by atomic mass is 9.95. The maximum absolute atomic E-state index is 4.99. The van der Waals surface area contributed by atoms with Crippen molar-refractivity contribution in [3.63, 3.8) is 0 Å². The third-order valence-corrected chi connectivity index (χ3v) is 4.68. The van der Waals surface area contributed by atoms with Gasteiger partial charge in [0.1, 0.15) is 0 Å². The maximum Gasteiger partial charge on any atom is 0.191 e. The molecule has 2 saturated carbocycles. The van der Waals surface area contributed by atoms with Crippen molar-refractivity contribution in [2.45, 2.75) is 83.2 Å². The number of guanidine groups is 1. The summed E-state index contributed by atoms with van der Waals surface area (Å²) in [5.74, 6) is 1.06. The van der Waals surface area contributed by atoms with Crippen LogP contribution in [0.2, 0.25) is 0 Å². The molecular formula is C17H34N4. The zero-order chi connectivity index (χ0) is 14.8. The largest absolute Gasteiger partial charge is 0.355 e. The molecule has 2 fully saturated rings. The molecule has 0 saturated heterocycles. The minimum atomic E-state index is 0.538. The molecule has 0 unspecified atom stereocenters. The van der Waals surface area contributed by atoms with E-state index >= 15 is 0 Å². The van der Waals surface area contributed by atoms with Crippen molar-refractivity contribution in [2.75, 3.05) is 19.6 Å². The van der Waals surface area contributed by atoms with Gasteiger partial charge in [-0.2, -0.15) is 0 Å². The van der Waals surface area contributed by atoms with E-state index in [1.54, 1.807) is 0 Å². The van der Waals surface area contributed by atoms with Gasteiger partial charge in [0.2, 0.25) is 0 Å². The standard InChI is InChI=1S/C17H34N4/c1-2-18-13-14-19-17(20-15-9-5-3-6-10-15)21-16-11-7-4-8-12-16/h15-16,18H,2-14H2,1H3,(H2,19,20,21). The Kier molecular flexibility index (Phi) is 7.94. The Hall–Kier alpha value is -0.770. The van der Waals surface area contributed by atoms with E-state index in [2.05, 4.69) is 22.9 Å². The molecule has 0 spiro atoms. The number of nitrogens with one attached hydrogen (secondary N) is 3. The van der Waals surface area contributed by atoms with Gasteiger partial charge in [-0.25, -0.2) is 4.99 Å². The van der Waals surface area contributed by atoms with E-state index in [1.165, 1.54) is 64.2 Å². The van der Waals surface area contributed by atoms with Crippen LogP contribution in [0.4, 0.5) is 0 Å². The van der Waals surface area contributed by atoms with Gasteiger partial charge in [0.25, 0.3) is 0 Å². The monoisotopic (exact) mass is 294 g/mol. The van der Waals surface area contributed by atoms with Gasteiger partial charge < -0.3 is 16.0 Å². The third kappa shape index (κ3) is 6.68. The van der Waals surface area contributed by atoms with Crippen LogP contribution in [-0.2, 0) is 0 Å². The maximum atomic E-state index is 4.99. The lowest BCUT2D eigenvalue weighted by Crippen LogP contribution is -2.46. The molecule has 2 aliphatic rings. The molecule has 0 aromatic carbocycles. The molecule has 0 aliphatic heterocycles. The van der Waals surface area contributed by atoms with Crippen molar-refractivity contribution < 1.29 is 0 Å². The summed E-state index contributed by atoms with van der Waals surface area (Å²) < 4.78 is 0. The number of hydrogen-bond donors (Lipinski definition) is 3. The summed E-state index contributed by atoms with van der Waals surface area (Å²) in [5, 5.41) is 10.6. The van der Waals surface area contributed by atoms with Crippen LogP contribution in [0, 0.1) is 0 Å². The zero-order valence-corrected chi connectivity index (χ0v) is 13.8. The fourth-order valence-electron chi connectivity index (χ4n) is 3.41. The molecule has 3 N–H and O–H groups in total. The van der Waals surface area contributed by atoms with Gasteiger partial charge in [-0.15, -0.1) is 0 Å². The van der Waals surface area contributed by atoms with Crippen molar-refractivity contribution in [1.82, 2.24) is 16.0 Å². The highest BCUT2D eigenvalue weighted by molar-refractivity contribution is 5.80. The fraction of sp³-hybridized carbons (Fsp3) is 0.941. The lowest BCUT2D eigenvalue weighted by molar-refractivity contribution is 0.404. The molecule has 2 aliphatic carbocycles. The molecule has 0 bridgehead atoms. The summed E-state index contributed by atoms with van der Waals surface area (Å²) in [6.07, 6.45) is 13.4. The highest BCUT2D eigenvalue weighted by atomic mass is 15.2. The highest BCUT2D eigenvalue weighted by Crippen LogP contribution is 2.21. The molecule has 2 rings (SSSR count). The SMILES string of the molecule is CCNCCN/C(=N/C1CCCCC1)NC1CCCCC1. The first kappa shape index (κ1) is 16.6. The molecule has 0 radical (unpaired) electrons. The molecule has 0 atom stereocenters. The van der Waals surface area contributed by atoms with Crippen molar-refractivity contribution >= 4 is 5.96 Å². The average molecular weight is 294 g/mol. The summed E-state index contributed by atoms with van der Waals surface area (Å²) in [6.45, 7) is 5.15. The van der Waals surface area contributed by atoms with Crippen molar-refractivity contribution in [1.29, 1.82) is 0 Å². The summed E-state index contributed by atoms with van der Waals surface area (Å²) in [6, 6.07) is 1.17. The first-order chi connectivity index (χ1) is 10.4. The molecule has 122 valence electrons. The van der Waals surface area contributed by atoms with Crippen LogP contribution in [0.25, 0.3) is 0 Å². The van der Waals surface area contributed by atoms with Gasteiger partial charge in [-0.3, -0.25) is 0 Å². The van der Waals surface area contributed by atoms with Crippen LogP contribution in [0.3, 0.4) is 0 Å². The van der Waals surface area contributed by atoms with Gasteiger partial charge in [0, 0.05) is 19.1 Å². The van der Waals surface area contributed by atoms with E-state index in [-0.39, 0.29) is 0 Å². The number of aliphatic imine (C=N–C) groups is 1. The Bertz CT molecular complexity index is 291. The first-order valence-corrected chi connectivity index (χ1v) is 9.17. The van der Waals surface area contributed by atoms with Crippen molar-refractivity contribution in [3.05, 3.63) is 0 Å². The molecular weight excluding hydrogens is 260 g/mol. The Balaban J connectivity index is 1.83. The second-order valence-electron chi connectivity index (χ2n) is 6.53. The van der Waals surface area contributed by atoms with Crippen LogP contribution in [-0.4, -0.2) is 37.7 Å². The number of hydrogen-bond acceptors (Lipinski definition) is 2. The number of rotatable bonds is 6. The van der Waals surface area contributed by atoms with E-state index in [1.807, 2.05) is 0 Å². The van der Waals surface area contributed by atoms with Crippen LogP contribution in [0.5, 0.6) is 0 Å². The summed E-state index contributed by atoms with van der Waals surface area (Å²) >= 11 is 0. The smallest absolute Gasteiger partial charge is 0.191 e. The second-order valence-corrected chi connectivity index (χ2v) is 6.53. The van der Waals surface area contributed by atoms with Crippen LogP contribution in [0.1, 0.15) is 71.1 Å². The van der Waals surface area contributed by atoms with E-state index < -0.39 is 0 Å². The zero-order valence-electron chi connectivity index (χ0n) is 13.8. The summed E-state index contributed by atoms with van der Waals surface area (Å²) in [4.78, 5) is 4.99. The molecule has 0 aromatic rings. The van der Waals surface area contributed by atoms with Gasteiger partial charge in [0.05, 0.1) is 6.04 Å². The normalized spacial score (nSPS) is 22.2. The molecule has 0 heterocycles. The van der Waals surface area contributed by atoms with E-state index in [0.29, 0.717) is 12.1 Å². The van der Waals surface area contributed by atoms with E-state index in [4.69, 9.17) is 4.99 Å². The van der Waals surface area contributed by atoms with E-state index in [0.717, 1.165) is 25.6 Å². The van der Waals surface area contributed by atoms with Gasteiger partial charge >= 0.3 is 0 Å². The number of likely N-dealkylation sites (N-methyl/N-ethyl adjacent to an activating group) is 1. The average Bonchev–Trinajstić information content (AvgIpc) is 2.53. The lowest BCUT2D eigenvalue weighted by Gasteiger charge is -2.27.